The molecule has 4 rings (SSSR count). The zero-order valence-electron chi connectivity index (χ0n) is 9.74. The van der Waals surface area contributed by atoms with Gasteiger partial charge in [-0.25, -0.2) is 4.98 Å². The van der Waals surface area contributed by atoms with E-state index in [0.717, 1.165) is 42.3 Å². The third-order valence-corrected chi connectivity index (χ3v) is 3.43. The molecule has 18 heavy (non-hydrogen) atoms. The summed E-state index contributed by atoms with van der Waals surface area (Å²) in [5.41, 5.74) is 8.55. The Balaban J connectivity index is 1.97. The molecule has 0 aliphatic carbocycles. The Hall–Kier alpha value is -2.15. The molecule has 0 unspecified atom stereocenters. The Labute approximate surface area is 103 Å². The monoisotopic (exact) mass is 243 g/mol. The van der Waals surface area contributed by atoms with Gasteiger partial charge < -0.3 is 15.6 Å². The lowest BCUT2D eigenvalue weighted by Gasteiger charge is -2.15. The molecular weight excluding hydrogens is 230 g/mol. The van der Waals surface area contributed by atoms with Crippen molar-refractivity contribution >= 4 is 22.8 Å². The van der Waals surface area contributed by atoms with E-state index in [0.29, 0.717) is 0 Å². The number of nitrogens with two attached hydrogens (primary N) is 1. The van der Waals surface area contributed by atoms with Gasteiger partial charge in [-0.15, -0.1) is 10.2 Å². The summed E-state index contributed by atoms with van der Waals surface area (Å²) in [6.45, 7) is 1.76. The number of fused-ring (bicyclic) bond motifs is 3. The van der Waals surface area contributed by atoms with Crippen molar-refractivity contribution < 1.29 is 0 Å². The van der Waals surface area contributed by atoms with Gasteiger partial charge in [-0.1, -0.05) is 0 Å². The Morgan fingerprint density at radius 2 is 2.33 bits per heavy atom. The molecule has 1 saturated heterocycles. The summed E-state index contributed by atoms with van der Waals surface area (Å²) >= 11 is 0. The second-order valence-electron chi connectivity index (χ2n) is 4.66. The van der Waals surface area contributed by atoms with Gasteiger partial charge in [0.15, 0.2) is 11.3 Å². The second-order valence-corrected chi connectivity index (χ2v) is 4.66. The van der Waals surface area contributed by atoms with Crippen molar-refractivity contribution in [3.05, 3.63) is 18.5 Å². The van der Waals surface area contributed by atoms with Crippen LogP contribution in [0.15, 0.2) is 18.5 Å². The third kappa shape index (κ3) is 1.25. The Morgan fingerprint density at radius 1 is 1.39 bits per heavy atom. The Kier molecular flexibility index (Phi) is 1.87. The lowest BCUT2D eigenvalue weighted by atomic mass is 10.3. The van der Waals surface area contributed by atoms with E-state index in [9.17, 15) is 0 Å². The van der Waals surface area contributed by atoms with E-state index in [4.69, 9.17) is 5.73 Å². The molecule has 1 aliphatic rings. The number of H-pyrrole nitrogens is 1. The minimum Gasteiger partial charge on any atom is -0.345 e. The van der Waals surface area contributed by atoms with Crippen LogP contribution in [-0.2, 0) is 0 Å². The summed E-state index contributed by atoms with van der Waals surface area (Å²) < 4.78 is 2.02. The lowest BCUT2D eigenvalue weighted by molar-refractivity contribution is 0.750. The molecule has 0 amide bonds. The van der Waals surface area contributed by atoms with Crippen LogP contribution in [0.5, 0.6) is 0 Å². The van der Waals surface area contributed by atoms with Crippen LogP contribution in [0.1, 0.15) is 6.42 Å². The maximum atomic E-state index is 5.95. The van der Waals surface area contributed by atoms with E-state index in [-0.39, 0.29) is 6.04 Å². The van der Waals surface area contributed by atoms with Crippen molar-refractivity contribution in [2.24, 2.45) is 5.73 Å². The molecule has 1 atom stereocenters. The molecule has 4 heterocycles. The maximum absolute atomic E-state index is 5.95. The highest BCUT2D eigenvalue weighted by Crippen LogP contribution is 2.22. The maximum Gasteiger partial charge on any atom is 0.232 e. The number of nitrogens with zero attached hydrogens (tertiary/aromatic N) is 5. The number of aromatic nitrogens is 5. The third-order valence-electron chi connectivity index (χ3n) is 3.43. The van der Waals surface area contributed by atoms with Crippen LogP contribution in [0.2, 0.25) is 0 Å². The first-order valence-corrected chi connectivity index (χ1v) is 6.01. The predicted molar refractivity (Wildman–Crippen MR) is 67.4 cm³/mol. The van der Waals surface area contributed by atoms with Gasteiger partial charge in [0.2, 0.25) is 5.95 Å². The number of hydrogen-bond acceptors (Lipinski definition) is 5. The van der Waals surface area contributed by atoms with Crippen LogP contribution in [0.3, 0.4) is 0 Å². The standard InChI is InChI=1S/C11H13N7/c12-7-2-4-17(6-7)11-16-15-9-5-14-10-8(18(9)11)1-3-13-10/h1,3,5,7,13H,2,4,6,12H2/t7-/m1/s1. The molecule has 92 valence electrons. The molecule has 0 bridgehead atoms. The topological polar surface area (TPSA) is 88.1 Å². The molecular formula is C11H13N7. The molecule has 7 nitrogen and oxygen atoms in total. The fraction of sp³-hybridized carbons (Fsp3) is 0.364. The average Bonchev–Trinajstić information content (AvgIpc) is 3.03. The Bertz CT molecular complexity index is 712. The van der Waals surface area contributed by atoms with Crippen molar-refractivity contribution in [3.63, 3.8) is 0 Å². The molecule has 0 saturated carbocycles. The largest absolute Gasteiger partial charge is 0.345 e. The van der Waals surface area contributed by atoms with Crippen LogP contribution in [0, 0.1) is 0 Å². The summed E-state index contributed by atoms with van der Waals surface area (Å²) in [6, 6.07) is 2.21. The van der Waals surface area contributed by atoms with Crippen molar-refractivity contribution in [1.29, 1.82) is 0 Å². The normalized spacial score (nSPS) is 20.3. The van der Waals surface area contributed by atoms with Crippen LogP contribution in [0.4, 0.5) is 5.95 Å². The minimum atomic E-state index is 0.223. The predicted octanol–water partition coefficient (Wildman–Crippen LogP) is 0.143. The van der Waals surface area contributed by atoms with Crippen LogP contribution >= 0.6 is 0 Å². The van der Waals surface area contributed by atoms with E-state index >= 15 is 0 Å². The van der Waals surface area contributed by atoms with Gasteiger partial charge in [0.1, 0.15) is 0 Å². The second kappa shape index (κ2) is 3.42. The van der Waals surface area contributed by atoms with Crippen LogP contribution in [-0.4, -0.2) is 43.7 Å². The molecule has 0 spiro atoms. The number of hydrogen-bond donors (Lipinski definition) is 2. The van der Waals surface area contributed by atoms with E-state index in [1.807, 2.05) is 16.7 Å². The molecule has 0 radical (unpaired) electrons. The van der Waals surface area contributed by atoms with Gasteiger partial charge in [-0.2, -0.15) is 0 Å². The lowest BCUT2D eigenvalue weighted by Crippen LogP contribution is -2.27. The highest BCUT2D eigenvalue weighted by atomic mass is 15.4. The van der Waals surface area contributed by atoms with Gasteiger partial charge in [0.25, 0.3) is 0 Å². The van der Waals surface area contributed by atoms with Crippen LogP contribution in [0.25, 0.3) is 16.8 Å². The van der Waals surface area contributed by atoms with Crippen molar-refractivity contribution in [1.82, 2.24) is 24.6 Å². The molecule has 3 N–H and O–H groups in total. The molecule has 3 aromatic rings. The average molecular weight is 243 g/mol. The Morgan fingerprint density at radius 3 is 3.17 bits per heavy atom. The summed E-state index contributed by atoms with van der Waals surface area (Å²) in [6.07, 6.45) is 4.60. The van der Waals surface area contributed by atoms with Gasteiger partial charge >= 0.3 is 0 Å². The number of anilines is 1. The van der Waals surface area contributed by atoms with Gasteiger partial charge in [-0.3, -0.25) is 4.40 Å². The zero-order valence-corrected chi connectivity index (χ0v) is 9.74. The first-order chi connectivity index (χ1) is 8.83. The van der Waals surface area contributed by atoms with Crippen molar-refractivity contribution in [3.8, 4) is 0 Å². The van der Waals surface area contributed by atoms with E-state index in [1.54, 1.807) is 6.20 Å². The number of rotatable bonds is 1. The van der Waals surface area contributed by atoms with E-state index in [2.05, 4.69) is 25.1 Å². The molecule has 1 aliphatic heterocycles. The smallest absolute Gasteiger partial charge is 0.232 e. The van der Waals surface area contributed by atoms with Crippen molar-refractivity contribution in [2.75, 3.05) is 18.0 Å². The van der Waals surface area contributed by atoms with Gasteiger partial charge in [0.05, 0.1) is 11.7 Å². The van der Waals surface area contributed by atoms with E-state index in [1.165, 1.54) is 0 Å². The highest BCUT2D eigenvalue weighted by Gasteiger charge is 2.24. The molecule has 1 fully saturated rings. The van der Waals surface area contributed by atoms with E-state index < -0.39 is 0 Å². The SMILES string of the molecule is N[C@@H]1CCN(c2nnc3cnc4[nH]ccc4n23)C1. The fourth-order valence-electron chi connectivity index (χ4n) is 2.53. The first kappa shape index (κ1) is 9.84. The molecule has 7 heteroatoms. The van der Waals surface area contributed by atoms with Crippen molar-refractivity contribution in [2.45, 2.75) is 12.5 Å². The van der Waals surface area contributed by atoms with Gasteiger partial charge in [0, 0.05) is 25.3 Å². The summed E-state index contributed by atoms with van der Waals surface area (Å²) in [5.74, 6) is 0.852. The summed E-state index contributed by atoms with van der Waals surface area (Å²) in [5, 5.41) is 8.44. The highest BCUT2D eigenvalue weighted by molar-refractivity contribution is 5.76. The number of aromatic amines is 1. The quantitative estimate of drug-likeness (QED) is 0.635. The minimum absolute atomic E-state index is 0.223. The molecule has 3 aromatic heterocycles. The first-order valence-electron chi connectivity index (χ1n) is 6.01. The zero-order chi connectivity index (χ0) is 12.1. The number of nitrogens with one attached hydrogen (secondary N) is 1. The van der Waals surface area contributed by atoms with Gasteiger partial charge in [-0.05, 0) is 12.5 Å². The summed E-state index contributed by atoms with van der Waals surface area (Å²) in [7, 11) is 0. The summed E-state index contributed by atoms with van der Waals surface area (Å²) in [4.78, 5) is 9.58. The van der Waals surface area contributed by atoms with Crippen LogP contribution < -0.4 is 10.6 Å². The molecule has 0 aromatic carbocycles. The fourth-order valence-corrected chi connectivity index (χ4v) is 2.53.